The van der Waals surface area contributed by atoms with Gasteiger partial charge in [-0.05, 0) is 24.0 Å². The molecule has 0 spiro atoms. The Morgan fingerprint density at radius 2 is 1.50 bits per heavy atom. The summed E-state index contributed by atoms with van der Waals surface area (Å²) in [5, 5.41) is 5.37. The second kappa shape index (κ2) is 12.4. The maximum Gasteiger partial charge on any atom is 0.407 e. The van der Waals surface area contributed by atoms with Gasteiger partial charge in [0, 0.05) is 19.5 Å². The van der Waals surface area contributed by atoms with E-state index in [0.29, 0.717) is 19.4 Å². The molecule has 180 valence electrons. The van der Waals surface area contributed by atoms with Crippen molar-refractivity contribution in [2.24, 2.45) is 0 Å². The Kier molecular flexibility index (Phi) is 9.02. The van der Waals surface area contributed by atoms with Crippen molar-refractivity contribution in [2.75, 3.05) is 13.7 Å². The van der Waals surface area contributed by atoms with Crippen molar-refractivity contribution in [3.8, 4) is 0 Å². The molecule has 0 bridgehead atoms. The third-order valence-corrected chi connectivity index (χ3v) is 5.58. The minimum Gasteiger partial charge on any atom is -0.467 e. The van der Waals surface area contributed by atoms with Gasteiger partial charge in [0.1, 0.15) is 18.7 Å². The number of carbonyl (C=O) groups excluding carboxylic acids is 4. The number of hydrogen-bond acceptors (Lipinski definition) is 6. The van der Waals surface area contributed by atoms with E-state index in [1.807, 2.05) is 60.7 Å². The summed E-state index contributed by atoms with van der Waals surface area (Å²) < 4.78 is 9.97. The number of likely N-dealkylation sites (tertiary alicyclic amines) is 1. The third kappa shape index (κ3) is 6.81. The largest absolute Gasteiger partial charge is 0.467 e. The molecule has 1 aliphatic heterocycles. The molecule has 0 saturated carbocycles. The highest BCUT2D eigenvalue weighted by molar-refractivity contribution is 5.92. The van der Waals surface area contributed by atoms with Crippen molar-refractivity contribution in [3.63, 3.8) is 0 Å². The van der Waals surface area contributed by atoms with Crippen LogP contribution in [-0.4, -0.2) is 54.5 Å². The van der Waals surface area contributed by atoms with Gasteiger partial charge in [0.25, 0.3) is 0 Å². The molecule has 34 heavy (non-hydrogen) atoms. The lowest BCUT2D eigenvalue weighted by Gasteiger charge is -2.28. The minimum absolute atomic E-state index is 0.00913. The molecular formula is C25H29N3O6. The van der Waals surface area contributed by atoms with Crippen molar-refractivity contribution < 1.29 is 28.7 Å². The smallest absolute Gasteiger partial charge is 0.407 e. The van der Waals surface area contributed by atoms with Gasteiger partial charge in [0.05, 0.1) is 7.11 Å². The van der Waals surface area contributed by atoms with Gasteiger partial charge in [0.2, 0.25) is 11.8 Å². The second-order valence-corrected chi connectivity index (χ2v) is 7.88. The fourth-order valence-electron chi connectivity index (χ4n) is 3.86. The molecule has 2 atom stereocenters. The highest BCUT2D eigenvalue weighted by Crippen LogP contribution is 2.26. The van der Waals surface area contributed by atoms with Crippen LogP contribution in [0.4, 0.5) is 4.79 Å². The molecule has 2 aromatic rings. The number of esters is 1. The standard InChI is InChI=1S/C25H29N3O6/c1-33-24(31)21-13-12-20(23(30)27-16-18-8-4-2-5-9-18)28(21)22(29)14-15-26-25(32)34-17-19-10-6-3-7-11-19/h2-11,20-21H,12-17H2,1H3,(H,26,32)(H,27,30)/t20-,21-/m1/s1. The maximum atomic E-state index is 13.0. The molecule has 0 aromatic heterocycles. The van der Waals surface area contributed by atoms with E-state index in [-0.39, 0.29) is 25.5 Å². The summed E-state index contributed by atoms with van der Waals surface area (Å²) in [6, 6.07) is 17.0. The van der Waals surface area contributed by atoms with Gasteiger partial charge in [-0.15, -0.1) is 0 Å². The Labute approximate surface area is 198 Å². The van der Waals surface area contributed by atoms with Crippen LogP contribution in [-0.2, 0) is 37.0 Å². The van der Waals surface area contributed by atoms with E-state index in [9.17, 15) is 19.2 Å². The fraction of sp³-hybridized carbons (Fsp3) is 0.360. The molecule has 2 N–H and O–H groups in total. The monoisotopic (exact) mass is 467 g/mol. The topological polar surface area (TPSA) is 114 Å². The van der Waals surface area contributed by atoms with Gasteiger partial charge in [0.15, 0.2) is 0 Å². The number of carbonyl (C=O) groups is 4. The highest BCUT2D eigenvalue weighted by atomic mass is 16.5. The summed E-state index contributed by atoms with van der Waals surface area (Å²) in [7, 11) is 1.25. The first-order valence-corrected chi connectivity index (χ1v) is 11.1. The number of ether oxygens (including phenoxy) is 2. The number of benzene rings is 2. The first kappa shape index (κ1) is 24.8. The summed E-state index contributed by atoms with van der Waals surface area (Å²) in [6.07, 6.45) is -0.0663. The molecular weight excluding hydrogens is 438 g/mol. The SMILES string of the molecule is COC(=O)[C@H]1CC[C@H](C(=O)NCc2ccccc2)N1C(=O)CCNC(=O)OCc1ccccc1. The van der Waals surface area contributed by atoms with Gasteiger partial charge in [-0.3, -0.25) is 9.59 Å². The Balaban J connectivity index is 1.53. The van der Waals surface area contributed by atoms with Crippen LogP contribution >= 0.6 is 0 Å². The number of alkyl carbamates (subject to hydrolysis) is 1. The average Bonchev–Trinajstić information content (AvgIpc) is 3.32. The van der Waals surface area contributed by atoms with Crippen LogP contribution in [0, 0.1) is 0 Å². The first-order valence-electron chi connectivity index (χ1n) is 11.1. The summed E-state index contributed by atoms with van der Waals surface area (Å²) >= 11 is 0. The highest BCUT2D eigenvalue weighted by Gasteiger charge is 2.44. The van der Waals surface area contributed by atoms with E-state index < -0.39 is 30.1 Å². The number of amides is 3. The van der Waals surface area contributed by atoms with E-state index >= 15 is 0 Å². The van der Waals surface area contributed by atoms with Crippen molar-refractivity contribution in [3.05, 3.63) is 71.8 Å². The van der Waals surface area contributed by atoms with Gasteiger partial charge >= 0.3 is 12.1 Å². The Hall–Kier alpha value is -3.88. The molecule has 9 heteroatoms. The van der Waals surface area contributed by atoms with Crippen LogP contribution in [0.15, 0.2) is 60.7 Å². The zero-order chi connectivity index (χ0) is 24.3. The molecule has 0 unspecified atom stereocenters. The molecule has 3 amide bonds. The molecule has 1 saturated heterocycles. The van der Waals surface area contributed by atoms with Gasteiger partial charge in [-0.2, -0.15) is 0 Å². The molecule has 1 fully saturated rings. The molecule has 0 radical (unpaired) electrons. The number of nitrogens with one attached hydrogen (secondary N) is 2. The molecule has 9 nitrogen and oxygen atoms in total. The zero-order valence-corrected chi connectivity index (χ0v) is 19.1. The van der Waals surface area contributed by atoms with Gasteiger partial charge in [-0.25, -0.2) is 9.59 Å². The second-order valence-electron chi connectivity index (χ2n) is 7.88. The molecule has 0 aliphatic carbocycles. The number of methoxy groups -OCH3 is 1. The van der Waals surface area contributed by atoms with E-state index in [4.69, 9.17) is 9.47 Å². The maximum absolute atomic E-state index is 13.0. The van der Waals surface area contributed by atoms with Crippen molar-refractivity contribution in [2.45, 2.75) is 44.5 Å². The van der Waals surface area contributed by atoms with Crippen LogP contribution in [0.3, 0.4) is 0 Å². The lowest BCUT2D eigenvalue weighted by molar-refractivity contribution is -0.153. The predicted octanol–water partition coefficient (Wildman–Crippen LogP) is 2.15. The summed E-state index contributed by atoms with van der Waals surface area (Å²) in [5.41, 5.74) is 1.77. The van der Waals surface area contributed by atoms with Crippen LogP contribution in [0.2, 0.25) is 0 Å². The van der Waals surface area contributed by atoms with E-state index in [1.165, 1.54) is 12.0 Å². The number of hydrogen-bond donors (Lipinski definition) is 2. The number of rotatable bonds is 9. The van der Waals surface area contributed by atoms with E-state index in [1.54, 1.807) is 0 Å². The quantitative estimate of drug-likeness (QED) is 0.547. The fourth-order valence-corrected chi connectivity index (χ4v) is 3.86. The molecule has 1 aliphatic rings. The van der Waals surface area contributed by atoms with Gasteiger partial charge in [-0.1, -0.05) is 60.7 Å². The van der Waals surface area contributed by atoms with Crippen LogP contribution in [0.1, 0.15) is 30.4 Å². The molecule has 3 rings (SSSR count). The molecule has 2 aromatic carbocycles. The van der Waals surface area contributed by atoms with Crippen molar-refractivity contribution in [1.29, 1.82) is 0 Å². The molecule has 1 heterocycles. The third-order valence-electron chi connectivity index (χ3n) is 5.58. The Morgan fingerprint density at radius 1 is 0.882 bits per heavy atom. The van der Waals surface area contributed by atoms with E-state index in [0.717, 1.165) is 11.1 Å². The Bertz CT molecular complexity index is 983. The first-order chi connectivity index (χ1) is 16.5. The number of nitrogens with zero attached hydrogens (tertiary/aromatic N) is 1. The normalized spacial score (nSPS) is 17.0. The lowest BCUT2D eigenvalue weighted by atomic mass is 10.1. The van der Waals surface area contributed by atoms with Crippen LogP contribution in [0.25, 0.3) is 0 Å². The lowest BCUT2D eigenvalue weighted by Crippen LogP contribution is -2.51. The average molecular weight is 468 g/mol. The predicted molar refractivity (Wildman–Crippen MR) is 123 cm³/mol. The zero-order valence-electron chi connectivity index (χ0n) is 19.1. The van der Waals surface area contributed by atoms with Crippen LogP contribution in [0.5, 0.6) is 0 Å². The van der Waals surface area contributed by atoms with Crippen LogP contribution < -0.4 is 10.6 Å². The summed E-state index contributed by atoms with van der Waals surface area (Å²) in [5.74, 6) is -1.32. The van der Waals surface area contributed by atoms with Crippen molar-refractivity contribution in [1.82, 2.24) is 15.5 Å². The summed E-state index contributed by atoms with van der Waals surface area (Å²) in [4.78, 5) is 51.3. The minimum atomic E-state index is -0.838. The Morgan fingerprint density at radius 3 is 2.15 bits per heavy atom. The summed E-state index contributed by atoms with van der Waals surface area (Å²) in [6.45, 7) is 0.436. The van der Waals surface area contributed by atoms with Gasteiger partial charge < -0.3 is 25.0 Å². The van der Waals surface area contributed by atoms with Crippen molar-refractivity contribution >= 4 is 23.9 Å². The van der Waals surface area contributed by atoms with E-state index in [2.05, 4.69) is 10.6 Å².